The number of amides is 2. The molecule has 0 bridgehead atoms. The molecule has 2 amide bonds. The van der Waals surface area contributed by atoms with Crippen molar-refractivity contribution < 1.29 is 19.1 Å². The molecule has 2 aromatic rings. The van der Waals surface area contributed by atoms with Crippen molar-refractivity contribution in [3.8, 4) is 11.1 Å². The second-order valence-corrected chi connectivity index (χ2v) is 6.54. The van der Waals surface area contributed by atoms with Crippen LogP contribution < -0.4 is 10.6 Å². The second-order valence-electron chi connectivity index (χ2n) is 6.54. The molecule has 1 aliphatic rings. The highest BCUT2D eigenvalue weighted by Crippen LogP contribution is 2.19. The average Bonchev–Trinajstić information content (AvgIpc) is 3.51. The fraction of sp³-hybridized carbons (Fsp3) is 0.286. The zero-order valence-corrected chi connectivity index (χ0v) is 15.1. The van der Waals surface area contributed by atoms with E-state index in [0.29, 0.717) is 5.56 Å². The monoisotopic (exact) mass is 366 g/mol. The summed E-state index contributed by atoms with van der Waals surface area (Å²) in [5.41, 5.74) is 2.51. The lowest BCUT2D eigenvalue weighted by Crippen LogP contribution is -2.39. The molecule has 1 aliphatic carbocycles. The first-order valence-electron chi connectivity index (χ1n) is 8.96. The molecule has 0 aliphatic heterocycles. The Balaban J connectivity index is 1.47. The van der Waals surface area contributed by atoms with Crippen LogP contribution >= 0.6 is 0 Å². The Morgan fingerprint density at radius 2 is 1.63 bits per heavy atom. The number of esters is 1. The molecule has 0 radical (unpaired) electrons. The van der Waals surface area contributed by atoms with Crippen LogP contribution in [0.3, 0.4) is 0 Å². The van der Waals surface area contributed by atoms with E-state index >= 15 is 0 Å². The fourth-order valence-electron chi connectivity index (χ4n) is 2.54. The second kappa shape index (κ2) is 8.49. The van der Waals surface area contributed by atoms with Crippen LogP contribution in [-0.4, -0.2) is 36.5 Å². The van der Waals surface area contributed by atoms with Crippen molar-refractivity contribution in [2.24, 2.45) is 0 Å². The smallest absolute Gasteiger partial charge is 0.326 e. The van der Waals surface area contributed by atoms with Crippen molar-refractivity contribution in [3.05, 3.63) is 60.2 Å². The molecule has 2 N–H and O–H groups in total. The first-order valence-corrected chi connectivity index (χ1v) is 8.96. The number of carbonyl (C=O) groups excluding carboxylic acids is 3. The average molecular weight is 366 g/mol. The topological polar surface area (TPSA) is 84.5 Å². The number of nitrogens with one attached hydrogen (secondary N) is 2. The van der Waals surface area contributed by atoms with Crippen molar-refractivity contribution in [1.82, 2.24) is 10.6 Å². The highest BCUT2D eigenvalue weighted by atomic mass is 16.5. The van der Waals surface area contributed by atoms with Gasteiger partial charge in [-0.05, 0) is 43.0 Å². The van der Waals surface area contributed by atoms with Crippen LogP contribution in [0, 0.1) is 0 Å². The van der Waals surface area contributed by atoms with Gasteiger partial charge in [-0.2, -0.15) is 0 Å². The van der Waals surface area contributed by atoms with Crippen molar-refractivity contribution in [2.75, 3.05) is 6.54 Å². The maximum atomic E-state index is 12.2. The van der Waals surface area contributed by atoms with Crippen LogP contribution in [0.15, 0.2) is 54.6 Å². The SMILES string of the molecule is C[C@@H](OC(=O)CNC(=O)c1ccc(-c2ccccc2)cc1)C(=O)NC1CC1. The molecule has 0 unspecified atom stereocenters. The van der Waals surface area contributed by atoms with Gasteiger partial charge >= 0.3 is 5.97 Å². The summed E-state index contributed by atoms with van der Waals surface area (Å²) in [7, 11) is 0. The molecule has 6 nitrogen and oxygen atoms in total. The van der Waals surface area contributed by atoms with E-state index in [4.69, 9.17) is 4.74 Å². The molecule has 0 saturated heterocycles. The summed E-state index contributed by atoms with van der Waals surface area (Å²) in [6.45, 7) is 1.22. The standard InChI is InChI=1S/C21H22N2O4/c1-14(20(25)23-18-11-12-18)27-19(24)13-22-21(26)17-9-7-16(8-10-17)15-5-3-2-4-6-15/h2-10,14,18H,11-13H2,1H3,(H,22,26)(H,23,25)/t14-/m1/s1. The number of hydrogen-bond acceptors (Lipinski definition) is 4. The summed E-state index contributed by atoms with van der Waals surface area (Å²) in [5.74, 6) is -1.34. The molecule has 27 heavy (non-hydrogen) atoms. The highest BCUT2D eigenvalue weighted by molar-refractivity contribution is 5.96. The van der Waals surface area contributed by atoms with E-state index in [2.05, 4.69) is 10.6 Å². The first-order chi connectivity index (χ1) is 13.0. The van der Waals surface area contributed by atoms with Gasteiger partial charge in [-0.15, -0.1) is 0 Å². The highest BCUT2D eigenvalue weighted by Gasteiger charge is 2.27. The van der Waals surface area contributed by atoms with Crippen molar-refractivity contribution in [1.29, 1.82) is 0 Å². The maximum Gasteiger partial charge on any atom is 0.326 e. The minimum absolute atomic E-state index is 0.206. The number of rotatable bonds is 7. The zero-order valence-electron chi connectivity index (χ0n) is 15.1. The van der Waals surface area contributed by atoms with Crippen LogP contribution in [0.25, 0.3) is 11.1 Å². The third-order valence-corrected chi connectivity index (χ3v) is 4.25. The fourth-order valence-corrected chi connectivity index (χ4v) is 2.54. The van der Waals surface area contributed by atoms with Gasteiger partial charge in [-0.3, -0.25) is 14.4 Å². The molecule has 1 saturated carbocycles. The first kappa shape index (κ1) is 18.6. The van der Waals surface area contributed by atoms with Gasteiger partial charge in [0.25, 0.3) is 11.8 Å². The van der Waals surface area contributed by atoms with E-state index in [1.165, 1.54) is 6.92 Å². The van der Waals surface area contributed by atoms with E-state index in [9.17, 15) is 14.4 Å². The zero-order chi connectivity index (χ0) is 19.2. The predicted octanol–water partition coefficient (Wildman–Crippen LogP) is 2.29. The largest absolute Gasteiger partial charge is 0.451 e. The summed E-state index contributed by atoms with van der Waals surface area (Å²) in [4.78, 5) is 35.8. The quantitative estimate of drug-likeness (QED) is 0.737. The molecule has 0 heterocycles. The molecule has 6 heteroatoms. The summed E-state index contributed by atoms with van der Waals surface area (Å²) in [6, 6.07) is 17.2. The summed E-state index contributed by atoms with van der Waals surface area (Å²) in [5, 5.41) is 5.28. The van der Waals surface area contributed by atoms with Gasteiger partial charge in [0.1, 0.15) is 6.54 Å². The van der Waals surface area contributed by atoms with Crippen LogP contribution in [0.2, 0.25) is 0 Å². The Labute approximate surface area is 157 Å². The van der Waals surface area contributed by atoms with Crippen molar-refractivity contribution >= 4 is 17.8 Å². The number of ether oxygens (including phenoxy) is 1. The molecule has 2 aromatic carbocycles. The Kier molecular flexibility index (Phi) is 5.86. The Hall–Kier alpha value is -3.15. The summed E-state index contributed by atoms with van der Waals surface area (Å²) in [6.07, 6.45) is 1.05. The maximum absolute atomic E-state index is 12.2. The lowest BCUT2D eigenvalue weighted by Gasteiger charge is -2.13. The molecule has 3 rings (SSSR count). The van der Waals surface area contributed by atoms with Crippen LogP contribution in [-0.2, 0) is 14.3 Å². The summed E-state index contributed by atoms with van der Waals surface area (Å²) >= 11 is 0. The van der Waals surface area contributed by atoms with Gasteiger partial charge in [0.15, 0.2) is 6.10 Å². The van der Waals surface area contributed by atoms with E-state index in [0.717, 1.165) is 24.0 Å². The van der Waals surface area contributed by atoms with E-state index in [1.807, 2.05) is 42.5 Å². The minimum atomic E-state index is -0.875. The minimum Gasteiger partial charge on any atom is -0.451 e. The third kappa shape index (κ3) is 5.41. The Morgan fingerprint density at radius 1 is 1.00 bits per heavy atom. The van der Waals surface area contributed by atoms with Crippen LogP contribution in [0.4, 0.5) is 0 Å². The molecule has 0 spiro atoms. The van der Waals surface area contributed by atoms with Crippen molar-refractivity contribution in [2.45, 2.75) is 31.9 Å². The normalized spacial score (nSPS) is 14.1. The van der Waals surface area contributed by atoms with E-state index in [-0.39, 0.29) is 24.4 Å². The molecule has 140 valence electrons. The van der Waals surface area contributed by atoms with Gasteiger partial charge in [-0.1, -0.05) is 42.5 Å². The number of carbonyl (C=O) groups is 3. The van der Waals surface area contributed by atoms with Gasteiger partial charge in [-0.25, -0.2) is 0 Å². The van der Waals surface area contributed by atoms with Gasteiger partial charge in [0.05, 0.1) is 0 Å². The lowest BCUT2D eigenvalue weighted by molar-refractivity contribution is -0.153. The molecular formula is C21H22N2O4. The van der Waals surface area contributed by atoms with Gasteiger partial charge in [0, 0.05) is 11.6 Å². The predicted molar refractivity (Wildman–Crippen MR) is 101 cm³/mol. The van der Waals surface area contributed by atoms with Gasteiger partial charge in [0.2, 0.25) is 0 Å². The van der Waals surface area contributed by atoms with E-state index in [1.54, 1.807) is 12.1 Å². The molecule has 1 atom stereocenters. The van der Waals surface area contributed by atoms with Gasteiger partial charge < -0.3 is 15.4 Å². The number of benzene rings is 2. The third-order valence-electron chi connectivity index (χ3n) is 4.25. The van der Waals surface area contributed by atoms with E-state index < -0.39 is 12.1 Å². The molecule has 1 fully saturated rings. The summed E-state index contributed by atoms with van der Waals surface area (Å²) < 4.78 is 5.04. The van der Waals surface area contributed by atoms with Crippen LogP contribution in [0.1, 0.15) is 30.1 Å². The molecular weight excluding hydrogens is 344 g/mol. The molecule has 0 aromatic heterocycles. The van der Waals surface area contributed by atoms with Crippen molar-refractivity contribution in [3.63, 3.8) is 0 Å². The van der Waals surface area contributed by atoms with Crippen LogP contribution in [0.5, 0.6) is 0 Å². The lowest BCUT2D eigenvalue weighted by atomic mass is 10.0. The number of hydrogen-bond donors (Lipinski definition) is 2. The Morgan fingerprint density at radius 3 is 2.26 bits per heavy atom. The Bertz CT molecular complexity index is 814.